The number of nitrogens with one attached hydrogen (secondary N) is 1. The van der Waals surface area contributed by atoms with Crippen LogP contribution in [0, 0.1) is 5.92 Å². The summed E-state index contributed by atoms with van der Waals surface area (Å²) in [5, 5.41) is 4.62. The molecule has 1 unspecified atom stereocenters. The quantitative estimate of drug-likeness (QED) is 0.763. The van der Waals surface area contributed by atoms with Gasteiger partial charge in [-0.25, -0.2) is 9.97 Å². The zero-order chi connectivity index (χ0) is 17.8. The second-order valence-corrected chi connectivity index (χ2v) is 7.00. The third-order valence-electron chi connectivity index (χ3n) is 4.10. The van der Waals surface area contributed by atoms with Crippen LogP contribution in [0.5, 0.6) is 5.75 Å². The van der Waals surface area contributed by atoms with Crippen LogP contribution in [0.4, 0.5) is 5.69 Å². The van der Waals surface area contributed by atoms with Gasteiger partial charge in [0.2, 0.25) is 5.91 Å². The van der Waals surface area contributed by atoms with Crippen LogP contribution in [0.2, 0.25) is 0 Å². The molecule has 0 spiro atoms. The predicted molar refractivity (Wildman–Crippen MR) is 100 cm³/mol. The lowest BCUT2D eigenvalue weighted by molar-refractivity contribution is -0.121. The number of nitrogens with zero attached hydrogens (tertiary/aromatic N) is 2. The number of anilines is 1. The summed E-state index contributed by atoms with van der Waals surface area (Å²) in [5.41, 5.74) is 1.79. The van der Waals surface area contributed by atoms with Gasteiger partial charge in [-0.15, -0.1) is 0 Å². The number of para-hydroxylation sites is 1. The topological polar surface area (TPSA) is 64.1 Å². The first-order chi connectivity index (χ1) is 12.8. The Labute approximate surface area is 155 Å². The Kier molecular flexibility index (Phi) is 4.84. The van der Waals surface area contributed by atoms with Crippen LogP contribution in [0.25, 0.3) is 0 Å². The van der Waals surface area contributed by atoms with E-state index in [1.165, 1.54) is 11.8 Å². The molecule has 2 aromatic heterocycles. The summed E-state index contributed by atoms with van der Waals surface area (Å²) in [6, 6.07) is 17.2. The van der Waals surface area contributed by atoms with E-state index in [0.717, 1.165) is 27.1 Å². The lowest BCUT2D eigenvalue weighted by Crippen LogP contribution is -2.32. The van der Waals surface area contributed by atoms with E-state index >= 15 is 0 Å². The molecule has 26 heavy (non-hydrogen) atoms. The molecule has 0 radical (unpaired) electrons. The molecule has 1 atom stereocenters. The number of hydrogen-bond acceptors (Lipinski definition) is 5. The smallest absolute Gasteiger partial charge is 0.231 e. The molecule has 1 amide bonds. The van der Waals surface area contributed by atoms with E-state index in [2.05, 4.69) is 15.3 Å². The molecule has 6 heteroatoms. The van der Waals surface area contributed by atoms with E-state index in [1.807, 2.05) is 48.5 Å². The lowest BCUT2D eigenvalue weighted by Gasteiger charge is -2.24. The molecule has 1 aromatic carbocycles. The fourth-order valence-electron chi connectivity index (χ4n) is 2.80. The molecule has 0 saturated heterocycles. The van der Waals surface area contributed by atoms with Crippen LogP contribution >= 0.6 is 11.8 Å². The third-order valence-corrected chi connectivity index (χ3v) is 4.98. The first-order valence-corrected chi connectivity index (χ1v) is 9.16. The predicted octanol–water partition coefficient (Wildman–Crippen LogP) is 3.82. The molecule has 130 valence electrons. The minimum Gasteiger partial charge on any atom is -0.492 e. The maximum atomic E-state index is 12.6. The number of rotatable bonds is 4. The average Bonchev–Trinajstić information content (AvgIpc) is 2.68. The minimum absolute atomic E-state index is 0.0421. The number of ether oxygens (including phenoxy) is 1. The van der Waals surface area contributed by atoms with E-state index in [0.29, 0.717) is 13.0 Å². The number of carbonyl (C=O) groups is 1. The van der Waals surface area contributed by atoms with Gasteiger partial charge in [0.15, 0.2) is 0 Å². The Balaban J connectivity index is 1.43. The van der Waals surface area contributed by atoms with Crippen molar-refractivity contribution in [3.05, 3.63) is 72.6 Å². The van der Waals surface area contributed by atoms with Crippen LogP contribution in [-0.4, -0.2) is 22.5 Å². The number of aromatic nitrogens is 2. The van der Waals surface area contributed by atoms with Crippen molar-refractivity contribution in [2.45, 2.75) is 16.5 Å². The van der Waals surface area contributed by atoms with Crippen molar-refractivity contribution < 1.29 is 9.53 Å². The number of hydrogen-bond donors (Lipinski definition) is 1. The summed E-state index contributed by atoms with van der Waals surface area (Å²) < 4.78 is 5.71. The van der Waals surface area contributed by atoms with Gasteiger partial charge in [-0.3, -0.25) is 4.79 Å². The summed E-state index contributed by atoms with van der Waals surface area (Å²) in [6.07, 6.45) is 4.12. The minimum atomic E-state index is -0.204. The number of benzene rings is 1. The maximum Gasteiger partial charge on any atom is 0.231 e. The molecule has 4 rings (SSSR count). The van der Waals surface area contributed by atoms with Crippen molar-refractivity contribution in [1.82, 2.24) is 9.97 Å². The highest BCUT2D eigenvalue weighted by Gasteiger charge is 2.25. The Morgan fingerprint density at radius 2 is 1.88 bits per heavy atom. The molecule has 0 bridgehead atoms. The monoisotopic (exact) mass is 363 g/mol. The number of pyridine rings is 2. The van der Waals surface area contributed by atoms with Gasteiger partial charge in [0, 0.05) is 18.1 Å². The van der Waals surface area contributed by atoms with Crippen molar-refractivity contribution >= 4 is 23.4 Å². The largest absolute Gasteiger partial charge is 0.492 e. The van der Waals surface area contributed by atoms with Crippen molar-refractivity contribution in [3.8, 4) is 5.75 Å². The van der Waals surface area contributed by atoms with Gasteiger partial charge < -0.3 is 10.1 Å². The zero-order valence-corrected chi connectivity index (χ0v) is 14.8. The summed E-state index contributed by atoms with van der Waals surface area (Å²) in [7, 11) is 0. The SMILES string of the molecule is O=C(Nc1ccnc(Sc2ccccn2)c1)C1COc2ccccc2C1. The lowest BCUT2D eigenvalue weighted by atomic mass is 9.96. The molecule has 5 nitrogen and oxygen atoms in total. The molecule has 3 aromatic rings. The number of fused-ring (bicyclic) bond motifs is 1. The number of amides is 1. The van der Waals surface area contributed by atoms with E-state index in [1.54, 1.807) is 18.5 Å². The van der Waals surface area contributed by atoms with E-state index < -0.39 is 0 Å². The van der Waals surface area contributed by atoms with Crippen molar-refractivity contribution in [2.75, 3.05) is 11.9 Å². The Morgan fingerprint density at radius 1 is 1.04 bits per heavy atom. The molecule has 0 aliphatic carbocycles. The van der Waals surface area contributed by atoms with Crippen LogP contribution < -0.4 is 10.1 Å². The molecular formula is C20H17N3O2S. The van der Waals surface area contributed by atoms with E-state index in [9.17, 15) is 4.79 Å². The van der Waals surface area contributed by atoms with E-state index in [4.69, 9.17) is 4.74 Å². The molecule has 3 heterocycles. The van der Waals surface area contributed by atoms with E-state index in [-0.39, 0.29) is 11.8 Å². The summed E-state index contributed by atoms with van der Waals surface area (Å²) in [6.45, 7) is 0.392. The second kappa shape index (κ2) is 7.58. The fraction of sp³-hybridized carbons (Fsp3) is 0.150. The zero-order valence-electron chi connectivity index (χ0n) is 14.0. The van der Waals surface area contributed by atoms with Crippen LogP contribution in [0.15, 0.2) is 77.0 Å². The van der Waals surface area contributed by atoms with Gasteiger partial charge >= 0.3 is 0 Å². The summed E-state index contributed by atoms with van der Waals surface area (Å²) in [4.78, 5) is 21.2. The summed E-state index contributed by atoms with van der Waals surface area (Å²) >= 11 is 1.46. The molecule has 0 saturated carbocycles. The first-order valence-electron chi connectivity index (χ1n) is 8.34. The summed E-state index contributed by atoms with van der Waals surface area (Å²) in [5.74, 6) is 0.624. The fourth-order valence-corrected chi connectivity index (χ4v) is 3.57. The van der Waals surface area contributed by atoms with Crippen LogP contribution in [0.1, 0.15) is 5.56 Å². The average molecular weight is 363 g/mol. The molecule has 0 fully saturated rings. The molecular weight excluding hydrogens is 346 g/mol. The highest BCUT2D eigenvalue weighted by Crippen LogP contribution is 2.28. The highest BCUT2D eigenvalue weighted by molar-refractivity contribution is 7.99. The van der Waals surface area contributed by atoms with Crippen molar-refractivity contribution in [2.24, 2.45) is 5.92 Å². The highest BCUT2D eigenvalue weighted by atomic mass is 32.2. The molecule has 1 aliphatic rings. The van der Waals surface area contributed by atoms with Gasteiger partial charge in [-0.1, -0.05) is 36.0 Å². The Hall–Kier alpha value is -2.86. The first kappa shape index (κ1) is 16.6. The van der Waals surface area contributed by atoms with Gasteiger partial charge in [0.05, 0.1) is 5.92 Å². The van der Waals surface area contributed by atoms with Gasteiger partial charge in [-0.2, -0.15) is 0 Å². The van der Waals surface area contributed by atoms with Gasteiger partial charge in [0.1, 0.15) is 22.4 Å². The molecule has 1 aliphatic heterocycles. The Morgan fingerprint density at radius 3 is 2.77 bits per heavy atom. The third kappa shape index (κ3) is 3.86. The normalized spacial score (nSPS) is 15.6. The van der Waals surface area contributed by atoms with Gasteiger partial charge in [-0.05, 0) is 42.3 Å². The van der Waals surface area contributed by atoms with Crippen molar-refractivity contribution in [1.29, 1.82) is 0 Å². The van der Waals surface area contributed by atoms with Gasteiger partial charge in [0.25, 0.3) is 0 Å². The van der Waals surface area contributed by atoms with Crippen LogP contribution in [-0.2, 0) is 11.2 Å². The maximum absolute atomic E-state index is 12.6. The second-order valence-electron chi connectivity index (χ2n) is 5.96. The van der Waals surface area contributed by atoms with Crippen LogP contribution in [0.3, 0.4) is 0 Å². The standard InChI is InChI=1S/C20H17N3O2S/c24-20(15-11-14-5-1-2-6-17(14)25-13-15)23-16-8-10-22-19(12-16)26-18-7-3-4-9-21-18/h1-10,12,15H,11,13H2,(H,22,23,24). The van der Waals surface area contributed by atoms with Crippen molar-refractivity contribution in [3.63, 3.8) is 0 Å². The molecule has 1 N–H and O–H groups in total. The Bertz CT molecular complexity index is 918. The number of carbonyl (C=O) groups excluding carboxylic acids is 1.